The van der Waals surface area contributed by atoms with Gasteiger partial charge in [-0.15, -0.1) is 11.3 Å². The van der Waals surface area contributed by atoms with Gasteiger partial charge < -0.3 is 19.5 Å². The van der Waals surface area contributed by atoms with Crippen LogP contribution in [0.15, 0.2) is 53.9 Å². The van der Waals surface area contributed by atoms with Crippen LogP contribution in [-0.4, -0.2) is 31.7 Å². The Balaban J connectivity index is 1.78. The molecule has 0 fully saturated rings. The number of amides is 1. The molecule has 0 bridgehead atoms. The predicted octanol–water partition coefficient (Wildman–Crippen LogP) is 5.66. The third-order valence-electron chi connectivity index (χ3n) is 4.18. The van der Waals surface area contributed by atoms with Crippen molar-refractivity contribution >= 4 is 39.8 Å². The summed E-state index contributed by atoms with van der Waals surface area (Å²) in [6, 6.07) is 14.1. The number of nitrogens with one attached hydrogen (secondary N) is 1. The normalized spacial score (nSPS) is 10.4. The summed E-state index contributed by atoms with van der Waals surface area (Å²) in [5.41, 5.74) is 1.82. The minimum absolute atomic E-state index is 0.208. The monoisotopic (exact) mass is 459 g/mol. The van der Waals surface area contributed by atoms with Gasteiger partial charge in [-0.3, -0.25) is 4.79 Å². The average molecular weight is 460 g/mol. The molecule has 0 atom stereocenters. The maximum Gasteiger partial charge on any atom is 0.341 e. The number of benzene rings is 2. The lowest BCUT2D eigenvalue weighted by molar-refractivity contribution is -0.118. The Kier molecular flexibility index (Phi) is 7.92. The van der Waals surface area contributed by atoms with Crippen LogP contribution < -0.4 is 14.8 Å². The van der Waals surface area contributed by atoms with Crippen molar-refractivity contribution < 1.29 is 23.8 Å². The number of esters is 1. The molecule has 162 valence electrons. The highest BCUT2D eigenvalue weighted by Crippen LogP contribution is 2.37. The molecule has 1 amide bonds. The van der Waals surface area contributed by atoms with Crippen LogP contribution in [0, 0.1) is 0 Å². The molecular weight excluding hydrogens is 438 g/mol. The van der Waals surface area contributed by atoms with Crippen LogP contribution in [0.1, 0.15) is 24.2 Å². The highest BCUT2D eigenvalue weighted by Gasteiger charge is 2.23. The van der Waals surface area contributed by atoms with Crippen LogP contribution in [0.4, 0.5) is 5.00 Å². The van der Waals surface area contributed by atoms with Crippen LogP contribution in [0.5, 0.6) is 11.5 Å². The maximum atomic E-state index is 12.6. The number of halogens is 1. The van der Waals surface area contributed by atoms with Gasteiger partial charge in [0, 0.05) is 16.0 Å². The molecular formula is C23H22ClNO5S. The minimum Gasteiger partial charge on any atom is -0.494 e. The minimum atomic E-state index is -0.499. The van der Waals surface area contributed by atoms with Gasteiger partial charge in [0.2, 0.25) is 0 Å². The van der Waals surface area contributed by atoms with E-state index in [1.807, 2.05) is 36.6 Å². The van der Waals surface area contributed by atoms with E-state index in [0.717, 1.165) is 11.3 Å². The van der Waals surface area contributed by atoms with E-state index in [1.54, 1.807) is 31.2 Å². The van der Waals surface area contributed by atoms with Crippen molar-refractivity contribution in [2.45, 2.75) is 13.8 Å². The molecule has 1 aromatic heterocycles. The first kappa shape index (κ1) is 22.7. The van der Waals surface area contributed by atoms with Crippen LogP contribution in [0.2, 0.25) is 5.02 Å². The van der Waals surface area contributed by atoms with Gasteiger partial charge in [0.25, 0.3) is 5.91 Å². The Morgan fingerprint density at radius 3 is 2.23 bits per heavy atom. The Morgan fingerprint density at radius 1 is 0.935 bits per heavy atom. The highest BCUT2D eigenvalue weighted by atomic mass is 35.5. The van der Waals surface area contributed by atoms with Crippen LogP contribution in [0.3, 0.4) is 0 Å². The summed E-state index contributed by atoms with van der Waals surface area (Å²) in [4.78, 5) is 25.1. The van der Waals surface area contributed by atoms with Gasteiger partial charge in [-0.05, 0) is 55.8 Å². The SMILES string of the molecule is CCOC(=O)c1c(-c2ccc(OCC)cc2)csc1NC(=O)COc1ccc(Cl)cc1. The average Bonchev–Trinajstić information content (AvgIpc) is 3.18. The van der Waals surface area contributed by atoms with Crippen molar-refractivity contribution in [1.82, 2.24) is 0 Å². The summed E-state index contributed by atoms with van der Waals surface area (Å²) in [5, 5.41) is 5.56. The predicted molar refractivity (Wildman–Crippen MR) is 122 cm³/mol. The maximum absolute atomic E-state index is 12.6. The number of carbonyl (C=O) groups excluding carboxylic acids is 2. The number of rotatable bonds is 9. The Bertz CT molecular complexity index is 1030. The number of ether oxygens (including phenoxy) is 3. The van der Waals surface area contributed by atoms with Crippen molar-refractivity contribution in [2.24, 2.45) is 0 Å². The van der Waals surface area contributed by atoms with Gasteiger partial charge >= 0.3 is 5.97 Å². The second kappa shape index (κ2) is 10.8. The molecule has 31 heavy (non-hydrogen) atoms. The van der Waals surface area contributed by atoms with Gasteiger partial charge in [-0.25, -0.2) is 4.79 Å². The fourth-order valence-corrected chi connectivity index (χ4v) is 3.91. The fourth-order valence-electron chi connectivity index (χ4n) is 2.81. The lowest BCUT2D eigenvalue weighted by Gasteiger charge is -2.10. The molecule has 0 unspecified atom stereocenters. The highest BCUT2D eigenvalue weighted by molar-refractivity contribution is 7.15. The first-order valence-electron chi connectivity index (χ1n) is 9.71. The van der Waals surface area contributed by atoms with E-state index >= 15 is 0 Å². The topological polar surface area (TPSA) is 73.9 Å². The van der Waals surface area contributed by atoms with Gasteiger partial charge in [-0.2, -0.15) is 0 Å². The molecule has 0 aliphatic rings. The van der Waals surface area contributed by atoms with Crippen molar-refractivity contribution in [1.29, 1.82) is 0 Å². The first-order chi connectivity index (χ1) is 15.0. The molecule has 3 rings (SSSR count). The number of hydrogen-bond donors (Lipinski definition) is 1. The van der Waals surface area contributed by atoms with Gasteiger partial charge in [0.15, 0.2) is 6.61 Å². The van der Waals surface area contributed by atoms with E-state index in [0.29, 0.717) is 33.5 Å². The van der Waals surface area contributed by atoms with Gasteiger partial charge in [0.05, 0.1) is 13.2 Å². The van der Waals surface area contributed by atoms with Gasteiger partial charge in [0.1, 0.15) is 22.1 Å². The van der Waals surface area contributed by atoms with Crippen LogP contribution >= 0.6 is 22.9 Å². The number of anilines is 1. The van der Waals surface area contributed by atoms with E-state index in [2.05, 4.69) is 5.32 Å². The third-order valence-corrected chi connectivity index (χ3v) is 5.33. The van der Waals surface area contributed by atoms with Gasteiger partial charge in [-0.1, -0.05) is 23.7 Å². The van der Waals surface area contributed by atoms with Crippen LogP contribution in [-0.2, 0) is 9.53 Å². The Labute approximate surface area is 189 Å². The number of hydrogen-bond acceptors (Lipinski definition) is 6. The molecule has 1 heterocycles. The van der Waals surface area contributed by atoms with E-state index < -0.39 is 5.97 Å². The second-order valence-electron chi connectivity index (χ2n) is 6.32. The standard InChI is InChI=1S/C23H22ClNO5S/c1-3-28-17-9-5-15(6-10-17)19-14-31-22(21(19)23(27)29-4-2)25-20(26)13-30-18-11-7-16(24)8-12-18/h5-12,14H,3-4,13H2,1-2H3,(H,25,26). The summed E-state index contributed by atoms with van der Waals surface area (Å²) in [6.07, 6.45) is 0. The van der Waals surface area contributed by atoms with Crippen molar-refractivity contribution in [3.63, 3.8) is 0 Å². The summed E-state index contributed by atoms with van der Waals surface area (Å²) in [6.45, 7) is 4.24. The first-order valence-corrected chi connectivity index (χ1v) is 11.0. The quantitative estimate of drug-likeness (QED) is 0.418. The molecule has 3 aromatic rings. The smallest absolute Gasteiger partial charge is 0.341 e. The molecule has 8 heteroatoms. The summed E-state index contributed by atoms with van der Waals surface area (Å²) < 4.78 is 16.2. The van der Waals surface area contributed by atoms with E-state index in [1.165, 1.54) is 11.3 Å². The molecule has 6 nitrogen and oxygen atoms in total. The summed E-state index contributed by atoms with van der Waals surface area (Å²) in [7, 11) is 0. The van der Waals surface area contributed by atoms with E-state index in [9.17, 15) is 9.59 Å². The fraction of sp³-hybridized carbons (Fsp3) is 0.217. The molecule has 0 aliphatic heterocycles. The molecule has 2 aromatic carbocycles. The van der Waals surface area contributed by atoms with E-state index in [-0.39, 0.29) is 19.1 Å². The summed E-state index contributed by atoms with van der Waals surface area (Å²) >= 11 is 7.10. The largest absolute Gasteiger partial charge is 0.494 e. The molecule has 0 radical (unpaired) electrons. The number of thiophene rings is 1. The van der Waals surface area contributed by atoms with Crippen molar-refractivity contribution in [3.05, 3.63) is 64.5 Å². The molecule has 0 saturated carbocycles. The van der Waals surface area contributed by atoms with E-state index in [4.69, 9.17) is 25.8 Å². The van der Waals surface area contributed by atoms with Crippen molar-refractivity contribution in [3.8, 4) is 22.6 Å². The molecule has 1 N–H and O–H groups in total. The Hall–Kier alpha value is -3.03. The van der Waals surface area contributed by atoms with Crippen LogP contribution in [0.25, 0.3) is 11.1 Å². The van der Waals surface area contributed by atoms with Crippen molar-refractivity contribution in [2.75, 3.05) is 25.1 Å². The lowest BCUT2D eigenvalue weighted by Crippen LogP contribution is -2.21. The Morgan fingerprint density at radius 2 is 1.58 bits per heavy atom. The zero-order valence-electron chi connectivity index (χ0n) is 17.1. The molecule has 0 spiro atoms. The number of carbonyl (C=O) groups is 2. The summed E-state index contributed by atoms with van der Waals surface area (Å²) in [5.74, 6) is 0.376. The molecule has 0 aliphatic carbocycles. The molecule has 0 saturated heterocycles. The zero-order valence-corrected chi connectivity index (χ0v) is 18.7. The third kappa shape index (κ3) is 5.99. The second-order valence-corrected chi connectivity index (χ2v) is 7.64. The zero-order chi connectivity index (χ0) is 22.2. The lowest BCUT2D eigenvalue weighted by atomic mass is 10.0.